The number of nitriles is 1. The van der Waals surface area contributed by atoms with E-state index in [9.17, 15) is 5.11 Å². The number of rotatable bonds is 2. The third-order valence-corrected chi connectivity index (χ3v) is 2.65. The van der Waals surface area contributed by atoms with Crippen LogP contribution in [0.15, 0.2) is 36.4 Å². The first-order valence-corrected chi connectivity index (χ1v) is 5.07. The van der Waals surface area contributed by atoms with Crippen LogP contribution in [0.4, 0.5) is 0 Å². The zero-order valence-corrected chi connectivity index (χ0v) is 9.95. The van der Waals surface area contributed by atoms with E-state index in [0.717, 1.165) is 16.3 Å². The summed E-state index contributed by atoms with van der Waals surface area (Å²) in [5.74, 6) is 0.239. The largest absolute Gasteiger partial charge is 0.507 e. The highest BCUT2D eigenvalue weighted by molar-refractivity contribution is 5.91. The molecular formula is C13H13ClN2O. The number of hydrogen-bond donors (Lipinski definition) is 2. The Balaban J connectivity index is 0.00000144. The van der Waals surface area contributed by atoms with Crippen molar-refractivity contribution >= 4 is 23.2 Å². The smallest absolute Gasteiger partial charge is 0.123 e. The zero-order valence-electron chi connectivity index (χ0n) is 9.13. The van der Waals surface area contributed by atoms with E-state index in [0.29, 0.717) is 0 Å². The van der Waals surface area contributed by atoms with Crippen LogP contribution in [-0.4, -0.2) is 5.11 Å². The Hall–Kier alpha value is -1.76. The lowest BCUT2D eigenvalue weighted by Crippen LogP contribution is -2.09. The van der Waals surface area contributed by atoms with Gasteiger partial charge in [0.25, 0.3) is 0 Å². The molecule has 0 bridgehead atoms. The van der Waals surface area contributed by atoms with Gasteiger partial charge in [0, 0.05) is 11.4 Å². The van der Waals surface area contributed by atoms with Crippen molar-refractivity contribution in [3.05, 3.63) is 42.0 Å². The second-order valence-corrected chi connectivity index (χ2v) is 3.69. The number of halogens is 1. The molecule has 0 aliphatic carbocycles. The molecule has 1 atom stereocenters. The van der Waals surface area contributed by atoms with Crippen molar-refractivity contribution in [2.45, 2.75) is 12.5 Å². The van der Waals surface area contributed by atoms with E-state index in [4.69, 9.17) is 11.0 Å². The standard InChI is InChI=1S/C13H12N2O.ClH/c14-8-7-12(15)10-5-6-13(16)11-4-2-1-3-9(10)11;/h1-6,12,16H,7,15H2;1H/t12-;/m0./s1. The summed E-state index contributed by atoms with van der Waals surface area (Å²) in [7, 11) is 0. The highest BCUT2D eigenvalue weighted by atomic mass is 35.5. The van der Waals surface area contributed by atoms with Gasteiger partial charge in [0.15, 0.2) is 0 Å². The first kappa shape index (κ1) is 13.3. The number of hydrogen-bond acceptors (Lipinski definition) is 3. The Kier molecular flexibility index (Phi) is 4.33. The molecule has 0 heterocycles. The molecule has 4 heteroatoms. The summed E-state index contributed by atoms with van der Waals surface area (Å²) < 4.78 is 0. The third kappa shape index (κ3) is 2.50. The molecule has 3 N–H and O–H groups in total. The first-order chi connectivity index (χ1) is 7.74. The normalized spacial score (nSPS) is 11.5. The van der Waals surface area contributed by atoms with Crippen LogP contribution in [0.25, 0.3) is 10.8 Å². The average Bonchev–Trinajstić information content (AvgIpc) is 2.30. The van der Waals surface area contributed by atoms with Crippen LogP contribution in [0.5, 0.6) is 5.75 Å². The van der Waals surface area contributed by atoms with Crippen molar-refractivity contribution in [1.29, 1.82) is 5.26 Å². The average molecular weight is 249 g/mol. The number of nitrogens with zero attached hydrogens (tertiary/aromatic N) is 1. The Bertz CT molecular complexity index is 563. The van der Waals surface area contributed by atoms with Crippen molar-refractivity contribution in [2.24, 2.45) is 5.73 Å². The summed E-state index contributed by atoms with van der Waals surface area (Å²) in [6.07, 6.45) is 0.273. The summed E-state index contributed by atoms with van der Waals surface area (Å²) in [5.41, 5.74) is 6.82. The highest BCUT2D eigenvalue weighted by Crippen LogP contribution is 2.30. The Labute approximate surface area is 106 Å². The molecule has 0 saturated heterocycles. The van der Waals surface area contributed by atoms with Crippen LogP contribution in [0.1, 0.15) is 18.0 Å². The fourth-order valence-electron chi connectivity index (χ4n) is 1.84. The molecule has 2 aromatic rings. The molecule has 0 fully saturated rings. The summed E-state index contributed by atoms with van der Waals surface area (Å²) in [5, 5.41) is 20.0. The fraction of sp³-hybridized carbons (Fsp3) is 0.154. The summed E-state index contributed by atoms with van der Waals surface area (Å²) in [4.78, 5) is 0. The minimum atomic E-state index is -0.310. The second-order valence-electron chi connectivity index (χ2n) is 3.69. The summed E-state index contributed by atoms with van der Waals surface area (Å²) >= 11 is 0. The number of phenolic OH excluding ortho intramolecular Hbond substituents is 1. The molecule has 2 aromatic carbocycles. The van der Waals surface area contributed by atoms with E-state index in [1.165, 1.54) is 0 Å². The Morgan fingerprint density at radius 2 is 1.82 bits per heavy atom. The zero-order chi connectivity index (χ0) is 11.5. The monoisotopic (exact) mass is 248 g/mol. The minimum absolute atomic E-state index is 0. The van der Waals surface area contributed by atoms with E-state index in [2.05, 4.69) is 6.07 Å². The van der Waals surface area contributed by atoms with Crippen LogP contribution in [0, 0.1) is 11.3 Å². The molecule has 0 saturated carbocycles. The Morgan fingerprint density at radius 1 is 1.18 bits per heavy atom. The number of phenols is 1. The van der Waals surface area contributed by atoms with Crippen LogP contribution in [0.2, 0.25) is 0 Å². The van der Waals surface area contributed by atoms with E-state index < -0.39 is 0 Å². The van der Waals surface area contributed by atoms with E-state index >= 15 is 0 Å². The first-order valence-electron chi connectivity index (χ1n) is 5.07. The number of nitrogens with two attached hydrogens (primary N) is 1. The van der Waals surface area contributed by atoms with Gasteiger partial charge in [-0.2, -0.15) is 5.26 Å². The lowest BCUT2D eigenvalue weighted by atomic mass is 9.97. The molecule has 0 aromatic heterocycles. The van der Waals surface area contributed by atoms with Gasteiger partial charge in [-0.3, -0.25) is 0 Å². The van der Waals surface area contributed by atoms with Crippen LogP contribution < -0.4 is 5.73 Å². The van der Waals surface area contributed by atoms with Crippen LogP contribution >= 0.6 is 12.4 Å². The molecule has 0 amide bonds. The lowest BCUT2D eigenvalue weighted by Gasteiger charge is -2.12. The topological polar surface area (TPSA) is 70.0 Å². The molecule has 3 nitrogen and oxygen atoms in total. The van der Waals surface area contributed by atoms with Crippen molar-refractivity contribution in [1.82, 2.24) is 0 Å². The molecule has 0 aliphatic rings. The SMILES string of the molecule is Cl.N#CC[C@H](N)c1ccc(O)c2ccccc12. The maximum atomic E-state index is 9.70. The van der Waals surface area contributed by atoms with Gasteiger partial charge in [0.05, 0.1) is 12.5 Å². The number of fused-ring (bicyclic) bond motifs is 1. The predicted octanol–water partition coefficient (Wildman–Crippen LogP) is 2.88. The quantitative estimate of drug-likeness (QED) is 0.859. The van der Waals surface area contributed by atoms with Gasteiger partial charge in [-0.1, -0.05) is 30.3 Å². The van der Waals surface area contributed by atoms with Crippen molar-refractivity contribution in [2.75, 3.05) is 0 Å². The molecule has 0 aliphatic heterocycles. The summed E-state index contributed by atoms with van der Waals surface area (Å²) in [6, 6.07) is 12.6. The molecule has 0 unspecified atom stereocenters. The van der Waals surface area contributed by atoms with Crippen LogP contribution in [-0.2, 0) is 0 Å². The maximum Gasteiger partial charge on any atom is 0.123 e. The van der Waals surface area contributed by atoms with Gasteiger partial charge in [-0.15, -0.1) is 12.4 Å². The van der Waals surface area contributed by atoms with Crippen molar-refractivity contribution in [3.63, 3.8) is 0 Å². The fourth-order valence-corrected chi connectivity index (χ4v) is 1.84. The van der Waals surface area contributed by atoms with E-state index in [1.807, 2.05) is 24.3 Å². The van der Waals surface area contributed by atoms with Crippen LogP contribution in [0.3, 0.4) is 0 Å². The van der Waals surface area contributed by atoms with Crippen molar-refractivity contribution in [3.8, 4) is 11.8 Å². The number of aromatic hydroxyl groups is 1. The van der Waals surface area contributed by atoms with Gasteiger partial charge in [-0.05, 0) is 17.0 Å². The second kappa shape index (κ2) is 5.53. The van der Waals surface area contributed by atoms with E-state index in [-0.39, 0.29) is 30.6 Å². The molecule has 88 valence electrons. The maximum absolute atomic E-state index is 9.70. The lowest BCUT2D eigenvalue weighted by molar-refractivity contribution is 0.481. The molecule has 0 spiro atoms. The van der Waals surface area contributed by atoms with Gasteiger partial charge in [0.2, 0.25) is 0 Å². The van der Waals surface area contributed by atoms with Gasteiger partial charge < -0.3 is 10.8 Å². The minimum Gasteiger partial charge on any atom is -0.507 e. The molecule has 0 radical (unpaired) electrons. The third-order valence-electron chi connectivity index (χ3n) is 2.65. The van der Waals surface area contributed by atoms with Gasteiger partial charge in [-0.25, -0.2) is 0 Å². The van der Waals surface area contributed by atoms with Gasteiger partial charge >= 0.3 is 0 Å². The molecular weight excluding hydrogens is 236 g/mol. The highest BCUT2D eigenvalue weighted by Gasteiger charge is 2.10. The summed E-state index contributed by atoms with van der Waals surface area (Å²) in [6.45, 7) is 0. The molecule has 17 heavy (non-hydrogen) atoms. The Morgan fingerprint density at radius 3 is 2.47 bits per heavy atom. The van der Waals surface area contributed by atoms with Gasteiger partial charge in [0.1, 0.15) is 5.75 Å². The predicted molar refractivity (Wildman–Crippen MR) is 70.0 cm³/mol. The van der Waals surface area contributed by atoms with Crippen molar-refractivity contribution < 1.29 is 5.11 Å². The molecule has 2 rings (SSSR count). The number of benzene rings is 2. The van der Waals surface area contributed by atoms with E-state index in [1.54, 1.807) is 12.1 Å².